The number of hydrogen-bond donors (Lipinski definition) is 1. The van der Waals surface area contributed by atoms with E-state index in [1.807, 2.05) is 42.6 Å². The molecule has 4 nitrogen and oxygen atoms in total. The second-order valence-electron chi connectivity index (χ2n) is 4.08. The van der Waals surface area contributed by atoms with E-state index in [1.54, 1.807) is 16.8 Å². The molecule has 0 bridgehead atoms. The number of halogens is 1. The van der Waals surface area contributed by atoms with Gasteiger partial charge in [0, 0.05) is 10.0 Å². The third-order valence-corrected chi connectivity index (χ3v) is 3.22. The number of nitrogens with zero attached hydrogens (tertiary/aromatic N) is 3. The minimum absolute atomic E-state index is 0.239. The van der Waals surface area contributed by atoms with Crippen LogP contribution in [-0.4, -0.2) is 20.1 Å². The summed E-state index contributed by atoms with van der Waals surface area (Å²) in [6.07, 6.45) is 1.86. The maximum absolute atomic E-state index is 9.27. The molecule has 3 rings (SSSR count). The van der Waals surface area contributed by atoms with Crippen molar-refractivity contribution in [3.63, 3.8) is 0 Å². The van der Waals surface area contributed by atoms with Crippen LogP contribution in [0.25, 0.3) is 16.9 Å². The molecule has 0 aliphatic rings. The molecule has 5 heteroatoms. The molecule has 1 heterocycles. The Hall–Kier alpha value is -2.14. The molecule has 0 aliphatic heterocycles. The van der Waals surface area contributed by atoms with Gasteiger partial charge in [-0.05, 0) is 42.5 Å². The van der Waals surface area contributed by atoms with Crippen LogP contribution < -0.4 is 0 Å². The molecular formula is C14H10BrN3O. The fraction of sp³-hybridized carbons (Fsp3) is 0. The van der Waals surface area contributed by atoms with Crippen molar-refractivity contribution in [2.75, 3.05) is 0 Å². The highest BCUT2D eigenvalue weighted by Crippen LogP contribution is 2.21. The zero-order valence-corrected chi connectivity index (χ0v) is 11.4. The second kappa shape index (κ2) is 4.85. The van der Waals surface area contributed by atoms with E-state index >= 15 is 0 Å². The smallest absolute Gasteiger partial charge is 0.115 e. The molecule has 0 aliphatic carbocycles. The van der Waals surface area contributed by atoms with Crippen LogP contribution >= 0.6 is 15.9 Å². The van der Waals surface area contributed by atoms with E-state index in [0.29, 0.717) is 0 Å². The van der Waals surface area contributed by atoms with Gasteiger partial charge >= 0.3 is 0 Å². The maximum atomic E-state index is 9.27. The van der Waals surface area contributed by atoms with E-state index in [1.165, 1.54) is 0 Å². The Balaban J connectivity index is 1.97. The van der Waals surface area contributed by atoms with Gasteiger partial charge < -0.3 is 5.11 Å². The summed E-state index contributed by atoms with van der Waals surface area (Å²) < 4.78 is 2.71. The number of benzene rings is 2. The monoisotopic (exact) mass is 315 g/mol. The van der Waals surface area contributed by atoms with Crippen LogP contribution in [0.1, 0.15) is 0 Å². The van der Waals surface area contributed by atoms with Crippen molar-refractivity contribution in [1.29, 1.82) is 0 Å². The fourth-order valence-electron chi connectivity index (χ4n) is 1.77. The van der Waals surface area contributed by atoms with E-state index in [9.17, 15) is 5.11 Å². The van der Waals surface area contributed by atoms with E-state index in [0.717, 1.165) is 21.4 Å². The van der Waals surface area contributed by atoms with Gasteiger partial charge in [0.15, 0.2) is 0 Å². The van der Waals surface area contributed by atoms with Gasteiger partial charge in [-0.1, -0.05) is 27.2 Å². The van der Waals surface area contributed by atoms with Gasteiger partial charge in [0.1, 0.15) is 11.4 Å². The van der Waals surface area contributed by atoms with Gasteiger partial charge in [0.05, 0.1) is 11.9 Å². The maximum Gasteiger partial charge on any atom is 0.115 e. The molecule has 1 aromatic heterocycles. The van der Waals surface area contributed by atoms with Crippen molar-refractivity contribution in [2.24, 2.45) is 0 Å². The van der Waals surface area contributed by atoms with Gasteiger partial charge in [-0.25, -0.2) is 4.68 Å². The van der Waals surface area contributed by atoms with Gasteiger partial charge in [0.2, 0.25) is 0 Å². The van der Waals surface area contributed by atoms with Gasteiger partial charge in [-0.15, -0.1) is 5.10 Å². The van der Waals surface area contributed by atoms with E-state index in [2.05, 4.69) is 26.2 Å². The number of hydrogen-bond acceptors (Lipinski definition) is 3. The van der Waals surface area contributed by atoms with Crippen LogP contribution in [-0.2, 0) is 0 Å². The summed E-state index contributed by atoms with van der Waals surface area (Å²) in [5.41, 5.74) is 2.62. The third-order valence-electron chi connectivity index (χ3n) is 2.73. The summed E-state index contributed by atoms with van der Waals surface area (Å²) >= 11 is 3.43. The van der Waals surface area contributed by atoms with E-state index in [4.69, 9.17) is 0 Å². The molecule has 0 atom stereocenters. The van der Waals surface area contributed by atoms with E-state index in [-0.39, 0.29) is 5.75 Å². The number of phenolic OH excluding ortho intramolecular Hbond substituents is 1. The lowest BCUT2D eigenvalue weighted by molar-refractivity contribution is 0.475. The Kier molecular flexibility index (Phi) is 3.05. The molecule has 3 aromatic rings. The summed E-state index contributed by atoms with van der Waals surface area (Å²) in [5.74, 6) is 0.239. The number of aromatic nitrogens is 3. The SMILES string of the molecule is Oc1ccc(-c2cn(-c3cccc(Br)c3)nn2)cc1. The molecule has 0 fully saturated rings. The first-order valence-electron chi connectivity index (χ1n) is 5.70. The molecule has 0 unspecified atom stereocenters. The highest BCUT2D eigenvalue weighted by Gasteiger charge is 2.05. The molecule has 94 valence electrons. The Morgan fingerprint density at radius 3 is 2.58 bits per heavy atom. The van der Waals surface area contributed by atoms with Crippen LogP contribution in [0, 0.1) is 0 Å². The van der Waals surface area contributed by atoms with Crippen molar-refractivity contribution >= 4 is 15.9 Å². The standard InChI is InChI=1S/C14H10BrN3O/c15-11-2-1-3-12(8-11)18-9-14(16-17-18)10-4-6-13(19)7-5-10/h1-9,19H. The summed E-state index contributed by atoms with van der Waals surface area (Å²) in [6.45, 7) is 0. The second-order valence-corrected chi connectivity index (χ2v) is 4.99. The molecule has 0 spiro atoms. The van der Waals surface area contributed by atoms with Gasteiger partial charge in [-0.2, -0.15) is 0 Å². The van der Waals surface area contributed by atoms with Crippen LogP contribution in [0.3, 0.4) is 0 Å². The Labute approximate surface area is 118 Å². The summed E-state index contributed by atoms with van der Waals surface area (Å²) in [5, 5.41) is 17.5. The molecule has 0 amide bonds. The fourth-order valence-corrected chi connectivity index (χ4v) is 2.16. The van der Waals surface area contributed by atoms with Crippen LogP contribution in [0.5, 0.6) is 5.75 Å². The normalized spacial score (nSPS) is 10.6. The minimum Gasteiger partial charge on any atom is -0.508 e. The topological polar surface area (TPSA) is 50.9 Å². The van der Waals surface area contributed by atoms with Crippen molar-refractivity contribution < 1.29 is 5.11 Å². The number of rotatable bonds is 2. The Morgan fingerprint density at radius 2 is 1.84 bits per heavy atom. The van der Waals surface area contributed by atoms with Crippen molar-refractivity contribution in [2.45, 2.75) is 0 Å². The Bertz CT molecular complexity index is 707. The third kappa shape index (κ3) is 2.51. The van der Waals surface area contributed by atoms with Crippen LogP contribution in [0.2, 0.25) is 0 Å². The average Bonchev–Trinajstić information content (AvgIpc) is 2.89. The minimum atomic E-state index is 0.239. The first-order chi connectivity index (χ1) is 9.22. The average molecular weight is 316 g/mol. The van der Waals surface area contributed by atoms with Crippen LogP contribution in [0.15, 0.2) is 59.2 Å². The lowest BCUT2D eigenvalue weighted by atomic mass is 10.2. The summed E-state index contributed by atoms with van der Waals surface area (Å²) in [6, 6.07) is 14.7. The molecule has 2 aromatic carbocycles. The van der Waals surface area contributed by atoms with Crippen molar-refractivity contribution in [1.82, 2.24) is 15.0 Å². The largest absolute Gasteiger partial charge is 0.508 e. The van der Waals surface area contributed by atoms with Crippen molar-refractivity contribution in [3.8, 4) is 22.7 Å². The highest BCUT2D eigenvalue weighted by molar-refractivity contribution is 9.10. The quantitative estimate of drug-likeness (QED) is 0.788. The van der Waals surface area contributed by atoms with E-state index < -0.39 is 0 Å². The number of aromatic hydroxyl groups is 1. The predicted molar refractivity (Wildman–Crippen MR) is 76.2 cm³/mol. The van der Waals surface area contributed by atoms with Gasteiger partial charge in [0.25, 0.3) is 0 Å². The molecule has 0 radical (unpaired) electrons. The molecule has 0 saturated carbocycles. The lowest BCUT2D eigenvalue weighted by Crippen LogP contribution is -1.93. The van der Waals surface area contributed by atoms with Crippen molar-refractivity contribution in [3.05, 3.63) is 59.2 Å². The van der Waals surface area contributed by atoms with Crippen LogP contribution in [0.4, 0.5) is 0 Å². The summed E-state index contributed by atoms with van der Waals surface area (Å²) in [4.78, 5) is 0. The Morgan fingerprint density at radius 1 is 1.05 bits per heavy atom. The lowest BCUT2D eigenvalue weighted by Gasteiger charge is -1.99. The highest BCUT2D eigenvalue weighted by atomic mass is 79.9. The first kappa shape index (κ1) is 11.9. The summed E-state index contributed by atoms with van der Waals surface area (Å²) in [7, 11) is 0. The number of phenols is 1. The predicted octanol–water partition coefficient (Wildman–Crippen LogP) is 3.40. The molecule has 0 saturated heterocycles. The van der Waals surface area contributed by atoms with Gasteiger partial charge in [-0.3, -0.25) is 0 Å². The zero-order valence-electron chi connectivity index (χ0n) is 9.86. The first-order valence-corrected chi connectivity index (χ1v) is 6.49. The molecular weight excluding hydrogens is 306 g/mol. The molecule has 19 heavy (non-hydrogen) atoms. The zero-order chi connectivity index (χ0) is 13.2. The molecule has 1 N–H and O–H groups in total.